The topological polar surface area (TPSA) is 12.5 Å². The minimum atomic E-state index is 0.404. The number of hydrogen-bond acceptors (Lipinski definition) is 2. The van der Waals surface area contributed by atoms with E-state index in [1.807, 2.05) is 7.11 Å². The van der Waals surface area contributed by atoms with Gasteiger partial charge in [-0.25, -0.2) is 0 Å². The van der Waals surface area contributed by atoms with Crippen molar-refractivity contribution < 1.29 is 4.74 Å². The smallest absolute Gasteiger partial charge is 0.0726 e. The fourth-order valence-electron chi connectivity index (χ4n) is 2.99. The first kappa shape index (κ1) is 11.9. The molecule has 0 bridgehead atoms. The minimum Gasteiger partial charge on any atom is -0.380 e. The van der Waals surface area contributed by atoms with E-state index in [1.165, 1.54) is 32.4 Å². The molecule has 3 heteroatoms. The van der Waals surface area contributed by atoms with Crippen LogP contribution in [-0.4, -0.2) is 42.1 Å². The van der Waals surface area contributed by atoms with Gasteiger partial charge in [-0.15, -0.1) is 0 Å². The second-order valence-corrected chi connectivity index (χ2v) is 6.76. The summed E-state index contributed by atoms with van der Waals surface area (Å²) in [5, 5.41) is 0. The van der Waals surface area contributed by atoms with Crippen LogP contribution in [0.3, 0.4) is 0 Å². The zero-order valence-corrected chi connectivity index (χ0v) is 11.6. The number of rotatable bonds is 2. The molecule has 1 aliphatic heterocycles. The molecule has 2 nitrogen and oxygen atoms in total. The van der Waals surface area contributed by atoms with Gasteiger partial charge in [-0.3, -0.25) is 4.90 Å². The van der Waals surface area contributed by atoms with Gasteiger partial charge in [0.1, 0.15) is 0 Å². The maximum atomic E-state index is 5.58. The Bertz CT molecular complexity index is 232. The third-order valence-corrected chi connectivity index (χ3v) is 5.57. The maximum absolute atomic E-state index is 5.58. The van der Waals surface area contributed by atoms with E-state index < -0.39 is 0 Å². The van der Waals surface area contributed by atoms with Crippen molar-refractivity contribution in [3.05, 3.63) is 0 Å². The van der Waals surface area contributed by atoms with E-state index in [9.17, 15) is 0 Å². The Morgan fingerprint density at radius 3 is 2.60 bits per heavy atom. The molecule has 1 heterocycles. The van der Waals surface area contributed by atoms with Gasteiger partial charge in [0, 0.05) is 31.1 Å². The number of halogens is 1. The number of hydrogen-bond donors (Lipinski definition) is 0. The molecule has 1 saturated carbocycles. The molecular formula is C12H22BrNO. The van der Waals surface area contributed by atoms with Crippen LogP contribution in [0, 0.1) is 5.41 Å². The summed E-state index contributed by atoms with van der Waals surface area (Å²) in [4.78, 5) is 3.25. The molecule has 1 saturated heterocycles. The van der Waals surface area contributed by atoms with Crippen LogP contribution in [-0.2, 0) is 4.74 Å². The number of likely N-dealkylation sites (tertiary alicyclic amines) is 1. The summed E-state index contributed by atoms with van der Waals surface area (Å²) in [6.07, 6.45) is 4.35. The predicted octanol–water partition coefficient (Wildman–Crippen LogP) is 2.66. The molecule has 15 heavy (non-hydrogen) atoms. The van der Waals surface area contributed by atoms with Crippen LogP contribution in [0.2, 0.25) is 0 Å². The van der Waals surface area contributed by atoms with Crippen LogP contribution in [0.15, 0.2) is 0 Å². The van der Waals surface area contributed by atoms with Gasteiger partial charge in [-0.2, -0.15) is 0 Å². The molecule has 0 spiro atoms. The van der Waals surface area contributed by atoms with Crippen molar-refractivity contribution in [1.29, 1.82) is 0 Å². The van der Waals surface area contributed by atoms with Gasteiger partial charge in [0.05, 0.1) is 6.10 Å². The van der Waals surface area contributed by atoms with Crippen molar-refractivity contribution in [2.75, 3.05) is 20.2 Å². The first-order chi connectivity index (χ1) is 7.04. The highest BCUT2D eigenvalue weighted by Crippen LogP contribution is 2.39. The third kappa shape index (κ3) is 2.25. The average molecular weight is 276 g/mol. The minimum absolute atomic E-state index is 0.404. The van der Waals surface area contributed by atoms with Crippen LogP contribution < -0.4 is 0 Å². The van der Waals surface area contributed by atoms with E-state index in [0.29, 0.717) is 22.4 Å². The molecule has 3 unspecified atom stereocenters. The lowest BCUT2D eigenvalue weighted by atomic mass is 9.93. The lowest BCUT2D eigenvalue weighted by Gasteiger charge is -2.29. The van der Waals surface area contributed by atoms with E-state index in [2.05, 4.69) is 34.7 Å². The number of alkyl halides is 1. The van der Waals surface area contributed by atoms with Gasteiger partial charge in [0.15, 0.2) is 0 Å². The molecule has 2 aliphatic rings. The lowest BCUT2D eigenvalue weighted by Crippen LogP contribution is -2.40. The summed E-state index contributed by atoms with van der Waals surface area (Å²) in [5.74, 6) is 0. The molecule has 88 valence electrons. The fourth-order valence-corrected chi connectivity index (χ4v) is 3.51. The van der Waals surface area contributed by atoms with E-state index in [4.69, 9.17) is 4.74 Å². The second-order valence-electron chi connectivity index (χ2n) is 5.66. The number of nitrogens with zero attached hydrogens (tertiary/aromatic N) is 1. The molecular weight excluding hydrogens is 254 g/mol. The normalized spacial score (nSPS) is 41.2. The van der Waals surface area contributed by atoms with Crippen LogP contribution in [0.1, 0.15) is 33.1 Å². The van der Waals surface area contributed by atoms with Crippen molar-refractivity contribution in [1.82, 2.24) is 4.90 Å². The first-order valence-electron chi connectivity index (χ1n) is 5.95. The van der Waals surface area contributed by atoms with Crippen LogP contribution in [0.5, 0.6) is 0 Å². The summed E-state index contributed by atoms with van der Waals surface area (Å²) in [6, 6.07) is 0.664. The molecule has 0 amide bonds. The Hall–Kier alpha value is 0.400. The molecule has 0 radical (unpaired) electrons. The second kappa shape index (κ2) is 4.34. The Kier molecular flexibility index (Phi) is 3.44. The molecule has 2 rings (SSSR count). The van der Waals surface area contributed by atoms with Crippen LogP contribution in [0.4, 0.5) is 0 Å². The van der Waals surface area contributed by atoms with E-state index in [-0.39, 0.29) is 0 Å². The summed E-state index contributed by atoms with van der Waals surface area (Å²) >= 11 is 3.81. The Labute approximate surface area is 101 Å². The van der Waals surface area contributed by atoms with Gasteiger partial charge < -0.3 is 4.74 Å². The highest BCUT2D eigenvalue weighted by atomic mass is 79.9. The third-order valence-electron chi connectivity index (χ3n) is 4.04. The summed E-state index contributed by atoms with van der Waals surface area (Å²) in [7, 11) is 1.86. The van der Waals surface area contributed by atoms with Crippen molar-refractivity contribution in [2.24, 2.45) is 5.41 Å². The zero-order valence-electron chi connectivity index (χ0n) is 10.0. The first-order valence-corrected chi connectivity index (χ1v) is 6.87. The van der Waals surface area contributed by atoms with Crippen molar-refractivity contribution in [3.63, 3.8) is 0 Å². The molecule has 1 aliphatic carbocycles. The van der Waals surface area contributed by atoms with Gasteiger partial charge in [0.25, 0.3) is 0 Å². The number of methoxy groups -OCH3 is 1. The molecule has 3 atom stereocenters. The SMILES string of the molecule is COC1CCCC1N1CC(Br)C(C)(C)C1. The molecule has 0 aromatic rings. The van der Waals surface area contributed by atoms with Gasteiger partial charge >= 0.3 is 0 Å². The van der Waals surface area contributed by atoms with Crippen molar-refractivity contribution >= 4 is 15.9 Å². The van der Waals surface area contributed by atoms with Crippen molar-refractivity contribution in [2.45, 2.75) is 50.1 Å². The Morgan fingerprint density at radius 2 is 2.07 bits per heavy atom. The van der Waals surface area contributed by atoms with Crippen LogP contribution in [0.25, 0.3) is 0 Å². The van der Waals surface area contributed by atoms with Gasteiger partial charge in [-0.05, 0) is 24.7 Å². The van der Waals surface area contributed by atoms with E-state index in [0.717, 1.165) is 0 Å². The maximum Gasteiger partial charge on any atom is 0.0726 e. The quantitative estimate of drug-likeness (QED) is 0.719. The molecule has 2 fully saturated rings. The van der Waals surface area contributed by atoms with Gasteiger partial charge in [0.2, 0.25) is 0 Å². The highest BCUT2D eigenvalue weighted by molar-refractivity contribution is 9.09. The summed E-state index contributed by atoms with van der Waals surface area (Å²) in [6.45, 7) is 7.08. The summed E-state index contributed by atoms with van der Waals surface area (Å²) < 4.78 is 5.58. The number of ether oxygens (including phenoxy) is 1. The average Bonchev–Trinajstić information content (AvgIpc) is 2.71. The monoisotopic (exact) mass is 275 g/mol. The lowest BCUT2D eigenvalue weighted by molar-refractivity contribution is 0.0389. The molecule has 0 aromatic heterocycles. The van der Waals surface area contributed by atoms with Crippen molar-refractivity contribution in [3.8, 4) is 0 Å². The Morgan fingerprint density at radius 1 is 1.33 bits per heavy atom. The van der Waals surface area contributed by atoms with E-state index in [1.54, 1.807) is 0 Å². The predicted molar refractivity (Wildman–Crippen MR) is 66.5 cm³/mol. The highest BCUT2D eigenvalue weighted by Gasteiger charge is 2.43. The standard InChI is InChI=1S/C12H22BrNO/c1-12(2)8-14(7-11(12)13)9-5-4-6-10(9)15-3/h9-11H,4-8H2,1-3H3. The molecule has 0 aromatic carbocycles. The zero-order chi connectivity index (χ0) is 11.1. The summed E-state index contributed by atoms with van der Waals surface area (Å²) in [5.41, 5.74) is 0.404. The largest absolute Gasteiger partial charge is 0.380 e. The molecule has 0 N–H and O–H groups in total. The van der Waals surface area contributed by atoms with Gasteiger partial charge in [-0.1, -0.05) is 29.8 Å². The Balaban J connectivity index is 2.01. The fraction of sp³-hybridized carbons (Fsp3) is 1.00. The van der Waals surface area contributed by atoms with Crippen LogP contribution >= 0.6 is 15.9 Å². The van der Waals surface area contributed by atoms with E-state index >= 15 is 0 Å².